The van der Waals surface area contributed by atoms with Crippen LogP contribution in [-0.4, -0.2) is 58.0 Å². The summed E-state index contributed by atoms with van der Waals surface area (Å²) in [5, 5.41) is 5.28. The highest BCUT2D eigenvalue weighted by Crippen LogP contribution is 2.30. The van der Waals surface area contributed by atoms with Gasteiger partial charge in [-0.15, -0.1) is 0 Å². The lowest BCUT2D eigenvalue weighted by atomic mass is 10.0. The summed E-state index contributed by atoms with van der Waals surface area (Å²) < 4.78 is 45.3. The van der Waals surface area contributed by atoms with Crippen molar-refractivity contribution in [3.05, 3.63) is 54.1 Å². The number of fused-ring (bicyclic) bond motifs is 1. The van der Waals surface area contributed by atoms with E-state index in [0.29, 0.717) is 17.3 Å². The van der Waals surface area contributed by atoms with E-state index in [2.05, 4.69) is 29.2 Å². The molecule has 0 aliphatic carbocycles. The molecule has 3 N–H and O–H groups in total. The van der Waals surface area contributed by atoms with Crippen molar-refractivity contribution in [3.63, 3.8) is 0 Å². The average molecular weight is 504 g/mol. The van der Waals surface area contributed by atoms with E-state index in [-0.39, 0.29) is 24.0 Å². The van der Waals surface area contributed by atoms with Gasteiger partial charge in [-0.25, -0.2) is 17.9 Å². The van der Waals surface area contributed by atoms with Crippen LogP contribution < -0.4 is 15.4 Å². The van der Waals surface area contributed by atoms with E-state index in [4.69, 9.17) is 14.2 Å². The van der Waals surface area contributed by atoms with E-state index in [1.165, 1.54) is 31.2 Å². The van der Waals surface area contributed by atoms with Crippen LogP contribution >= 0.6 is 0 Å². The van der Waals surface area contributed by atoms with E-state index in [1.54, 1.807) is 0 Å². The Hall–Kier alpha value is -2.99. The van der Waals surface area contributed by atoms with Gasteiger partial charge in [-0.3, -0.25) is 10.1 Å². The van der Waals surface area contributed by atoms with Gasteiger partial charge in [0.25, 0.3) is 0 Å². The Labute approximate surface area is 204 Å². The van der Waals surface area contributed by atoms with Crippen molar-refractivity contribution in [3.8, 4) is 0 Å². The van der Waals surface area contributed by atoms with E-state index in [1.807, 2.05) is 24.3 Å². The van der Waals surface area contributed by atoms with Crippen molar-refractivity contribution in [2.75, 3.05) is 23.8 Å². The minimum absolute atomic E-state index is 0.0451. The molecule has 0 spiro atoms. The van der Waals surface area contributed by atoms with Crippen LogP contribution in [0.2, 0.25) is 0 Å². The van der Waals surface area contributed by atoms with Crippen LogP contribution in [0.1, 0.15) is 32.3 Å². The van der Waals surface area contributed by atoms with Crippen LogP contribution in [0.3, 0.4) is 0 Å². The molecule has 0 unspecified atom stereocenters. The molecule has 2 fully saturated rings. The Morgan fingerprint density at radius 2 is 1.51 bits per heavy atom. The van der Waals surface area contributed by atoms with Gasteiger partial charge in [-0.2, -0.15) is 0 Å². The Bertz CT molecular complexity index is 1170. The summed E-state index contributed by atoms with van der Waals surface area (Å²) in [7, 11) is -3.86. The van der Waals surface area contributed by atoms with Gasteiger partial charge in [0.1, 0.15) is 12.2 Å². The fourth-order valence-corrected chi connectivity index (χ4v) is 5.32. The maximum absolute atomic E-state index is 12.8. The second kappa shape index (κ2) is 10.3. The number of hydrogen-bond donors (Lipinski definition) is 3. The van der Waals surface area contributed by atoms with Crippen LogP contribution in [0.25, 0.3) is 0 Å². The zero-order chi connectivity index (χ0) is 25.2. The first-order chi connectivity index (χ1) is 16.6. The Morgan fingerprint density at radius 1 is 0.914 bits per heavy atom. The second-order valence-corrected chi connectivity index (χ2v) is 10.6. The first-order valence-electron chi connectivity index (χ1n) is 11.3. The highest BCUT2D eigenvalue weighted by molar-refractivity contribution is 7.89. The molecule has 0 radical (unpaired) electrons. The number of benzene rings is 2. The third-order valence-corrected chi connectivity index (χ3v) is 7.39. The number of nitrogens with one attached hydrogen (secondary N) is 3. The highest BCUT2D eigenvalue weighted by Gasteiger charge is 2.50. The summed E-state index contributed by atoms with van der Waals surface area (Å²) >= 11 is 0. The smallest absolute Gasteiger partial charge is 0.412 e. The first-order valence-corrected chi connectivity index (χ1v) is 12.8. The van der Waals surface area contributed by atoms with Gasteiger partial charge >= 0.3 is 6.09 Å². The van der Waals surface area contributed by atoms with Gasteiger partial charge in [0.05, 0.1) is 24.2 Å². The Kier molecular flexibility index (Phi) is 7.41. The molecule has 2 amide bonds. The predicted octanol–water partition coefficient (Wildman–Crippen LogP) is 2.83. The van der Waals surface area contributed by atoms with Crippen molar-refractivity contribution in [2.24, 2.45) is 0 Å². The molecule has 10 nitrogen and oxygen atoms in total. The lowest BCUT2D eigenvalue weighted by Gasteiger charge is -2.18. The first kappa shape index (κ1) is 25.1. The Balaban J connectivity index is 1.32. The summed E-state index contributed by atoms with van der Waals surface area (Å²) in [5.41, 5.74) is 2.26. The third kappa shape index (κ3) is 5.99. The topological polar surface area (TPSA) is 132 Å². The summed E-state index contributed by atoms with van der Waals surface area (Å²) in [6.07, 6.45) is -2.48. The molecule has 2 aliphatic heterocycles. The van der Waals surface area contributed by atoms with Gasteiger partial charge < -0.3 is 19.5 Å². The molecule has 2 saturated heterocycles. The van der Waals surface area contributed by atoms with Crippen molar-refractivity contribution in [1.82, 2.24) is 4.72 Å². The van der Waals surface area contributed by atoms with Crippen molar-refractivity contribution in [2.45, 2.75) is 55.9 Å². The van der Waals surface area contributed by atoms with Crippen LogP contribution in [-0.2, 0) is 29.0 Å². The van der Waals surface area contributed by atoms with Gasteiger partial charge in [0.2, 0.25) is 15.9 Å². The highest BCUT2D eigenvalue weighted by atomic mass is 32.2. The zero-order valence-corrected chi connectivity index (χ0v) is 20.5. The lowest BCUT2D eigenvalue weighted by molar-refractivity contribution is -0.114. The van der Waals surface area contributed by atoms with E-state index < -0.39 is 40.5 Å². The molecular weight excluding hydrogens is 474 g/mol. The predicted molar refractivity (Wildman–Crippen MR) is 129 cm³/mol. The summed E-state index contributed by atoms with van der Waals surface area (Å²) in [6, 6.07) is 12.7. The number of ether oxygens (including phenoxy) is 3. The van der Waals surface area contributed by atoms with E-state index in [0.717, 1.165) is 5.56 Å². The summed E-state index contributed by atoms with van der Waals surface area (Å²) in [4.78, 5) is 23.6. The monoisotopic (exact) mass is 503 g/mol. The third-order valence-electron chi connectivity index (χ3n) is 5.88. The normalized spacial score (nSPS) is 23.7. The molecule has 0 bridgehead atoms. The van der Waals surface area contributed by atoms with Gasteiger partial charge in [-0.05, 0) is 47.9 Å². The molecule has 2 aromatic rings. The largest absolute Gasteiger partial charge is 0.441 e. The number of sulfonamides is 1. The molecule has 4 atom stereocenters. The summed E-state index contributed by atoms with van der Waals surface area (Å²) in [6.45, 7) is 5.72. The molecule has 0 aromatic heterocycles. The Morgan fingerprint density at radius 3 is 2.14 bits per heavy atom. The molecule has 4 rings (SSSR count). The van der Waals surface area contributed by atoms with Crippen LogP contribution in [0.15, 0.2) is 53.4 Å². The van der Waals surface area contributed by atoms with Crippen molar-refractivity contribution >= 4 is 33.4 Å². The number of carbonyl (C=O) groups excluding carboxylic acids is 2. The standard InChI is InChI=1S/C24H29N3O7S/c1-14(2)16-4-6-18(7-5-16)26-24(29)34-21-13-33-22-20(12-32-23(21)22)27-35(30,31)19-10-8-17(9-11-19)25-15(3)28/h4-11,14,20-23,27H,12-13H2,1-3H3,(H,25,28)(H,26,29)/t20-,21-,22-,23+/m0/s1. The number of carbonyl (C=O) groups is 2. The fourth-order valence-electron chi connectivity index (χ4n) is 4.09. The number of amides is 2. The van der Waals surface area contributed by atoms with E-state index in [9.17, 15) is 18.0 Å². The maximum atomic E-state index is 12.8. The molecule has 35 heavy (non-hydrogen) atoms. The molecule has 2 heterocycles. The zero-order valence-electron chi connectivity index (χ0n) is 19.7. The van der Waals surface area contributed by atoms with Crippen molar-refractivity contribution < 1.29 is 32.2 Å². The quantitative estimate of drug-likeness (QED) is 0.529. The van der Waals surface area contributed by atoms with Gasteiger partial charge in [-0.1, -0.05) is 26.0 Å². The SMILES string of the molecule is CC(=O)Nc1ccc(S(=O)(=O)N[C@H]2CO[C@H]3[C@H]2OC[C@@H]3OC(=O)Nc2ccc(C(C)C)cc2)cc1. The molecule has 2 aliphatic rings. The fraction of sp³-hybridized carbons (Fsp3) is 0.417. The number of hydrogen-bond acceptors (Lipinski definition) is 7. The number of anilines is 2. The van der Waals surface area contributed by atoms with Crippen molar-refractivity contribution in [1.29, 1.82) is 0 Å². The maximum Gasteiger partial charge on any atom is 0.412 e. The average Bonchev–Trinajstić information content (AvgIpc) is 3.37. The molecule has 2 aromatic carbocycles. The second-order valence-electron chi connectivity index (χ2n) is 8.87. The summed E-state index contributed by atoms with van der Waals surface area (Å²) in [5.74, 6) is 0.136. The minimum Gasteiger partial charge on any atom is -0.441 e. The minimum atomic E-state index is -3.86. The molecular formula is C24H29N3O7S. The molecule has 188 valence electrons. The molecule has 0 saturated carbocycles. The van der Waals surface area contributed by atoms with Crippen LogP contribution in [0.5, 0.6) is 0 Å². The van der Waals surface area contributed by atoms with Gasteiger partial charge in [0.15, 0.2) is 6.10 Å². The molecule has 11 heteroatoms. The van der Waals surface area contributed by atoms with Gasteiger partial charge in [0, 0.05) is 18.3 Å². The van der Waals surface area contributed by atoms with E-state index >= 15 is 0 Å². The number of rotatable bonds is 7. The van der Waals surface area contributed by atoms with Crippen LogP contribution in [0, 0.1) is 0 Å². The van der Waals surface area contributed by atoms with Crippen LogP contribution in [0.4, 0.5) is 16.2 Å². The lowest BCUT2D eigenvalue weighted by Crippen LogP contribution is -2.44.